The summed E-state index contributed by atoms with van der Waals surface area (Å²) in [6, 6.07) is 61.0. The van der Waals surface area contributed by atoms with E-state index >= 15 is 0 Å². The summed E-state index contributed by atoms with van der Waals surface area (Å²) < 4.78 is 6.73. The molecule has 0 fully saturated rings. The highest BCUT2D eigenvalue weighted by Crippen LogP contribution is 2.48. The van der Waals surface area contributed by atoms with E-state index in [1.54, 1.807) is 0 Å². The first-order valence-electron chi connectivity index (χ1n) is 17.1. The molecule has 0 amide bonds. The lowest BCUT2D eigenvalue weighted by Crippen LogP contribution is -2.50. The highest BCUT2D eigenvalue weighted by Gasteiger charge is 2.44. The molecule has 0 saturated carbocycles. The van der Waals surface area contributed by atoms with Gasteiger partial charge in [-0.25, -0.2) is 15.0 Å². The summed E-state index contributed by atoms with van der Waals surface area (Å²) in [7, 11) is -0.198. The molecule has 5 nitrogen and oxygen atoms in total. The van der Waals surface area contributed by atoms with Gasteiger partial charge in [0.05, 0.1) is 5.69 Å². The molecule has 8 aromatic rings. The van der Waals surface area contributed by atoms with Gasteiger partial charge in [-0.15, -0.1) is 0 Å². The van der Waals surface area contributed by atoms with Crippen molar-refractivity contribution in [3.05, 3.63) is 176 Å². The van der Waals surface area contributed by atoms with Crippen LogP contribution >= 0.6 is 0 Å². The zero-order valence-corrected chi connectivity index (χ0v) is 27.5. The van der Waals surface area contributed by atoms with Crippen LogP contribution in [0.1, 0.15) is 0 Å². The Kier molecular flexibility index (Phi) is 6.84. The Morgan fingerprint density at radius 2 is 0.863 bits per heavy atom. The van der Waals surface area contributed by atoms with E-state index in [4.69, 9.17) is 19.6 Å². The third-order valence-corrected chi connectivity index (χ3v) is 9.72. The van der Waals surface area contributed by atoms with Crippen LogP contribution in [0.15, 0.2) is 176 Å². The number of hydrogen-bond donors (Lipinski definition) is 0. The van der Waals surface area contributed by atoms with Crippen LogP contribution in [0, 0.1) is 0 Å². The van der Waals surface area contributed by atoms with Crippen molar-refractivity contribution in [1.82, 2.24) is 15.0 Å². The van der Waals surface area contributed by atoms with Crippen molar-refractivity contribution in [2.75, 3.05) is 4.81 Å². The van der Waals surface area contributed by atoms with Crippen LogP contribution in [0.3, 0.4) is 0 Å². The molecule has 2 aliphatic rings. The van der Waals surface area contributed by atoms with E-state index in [0.717, 1.165) is 50.4 Å². The number of rotatable bonds is 5. The first-order chi connectivity index (χ1) is 25.3. The predicted octanol–water partition coefficient (Wildman–Crippen LogP) is 10.1. The Bertz CT molecular complexity index is 2530. The Morgan fingerprint density at radius 3 is 1.53 bits per heavy atom. The number of hydrogen-bond acceptors (Lipinski definition) is 5. The number of anilines is 2. The molecular weight excluding hydrogens is 623 g/mol. The van der Waals surface area contributed by atoms with Gasteiger partial charge in [0, 0.05) is 27.9 Å². The van der Waals surface area contributed by atoms with Crippen LogP contribution in [0.2, 0.25) is 0 Å². The van der Waals surface area contributed by atoms with Gasteiger partial charge in [0.1, 0.15) is 5.75 Å². The fourth-order valence-corrected chi connectivity index (χ4v) is 7.27. The minimum Gasteiger partial charge on any atom is -0.536 e. The molecule has 10 rings (SSSR count). The average molecular weight is 653 g/mol. The van der Waals surface area contributed by atoms with E-state index in [9.17, 15) is 0 Å². The molecule has 238 valence electrons. The summed E-state index contributed by atoms with van der Waals surface area (Å²) >= 11 is 0. The lowest BCUT2D eigenvalue weighted by molar-refractivity contribution is 0.603. The van der Waals surface area contributed by atoms with Crippen LogP contribution in [0.4, 0.5) is 11.4 Å². The van der Waals surface area contributed by atoms with E-state index in [-0.39, 0.29) is 7.05 Å². The lowest BCUT2D eigenvalue weighted by Gasteiger charge is -2.31. The SMILES string of the molecule is c1ccc(-c2nc(-c3ccccc3)nc(-c3cccc(-c4cccc(-c5ccc6c(c5)OB5c7ccccc7-c7ccccc7N56)c4)c3)n2)cc1. The maximum absolute atomic E-state index is 6.73. The van der Waals surface area contributed by atoms with Gasteiger partial charge in [-0.1, -0.05) is 146 Å². The molecular formula is C45H29BN4O. The standard InChI is InChI=1S/C45H29BN4O/c1-3-13-30(14-4-1)43-47-44(31-15-5-2-6-16-31)49-45(48-43)36-20-12-19-34(28-36)32-17-11-18-33(27-32)35-25-26-41-42(29-35)51-46-39-23-9-7-21-37(39)38-22-8-10-24-40(38)50(41)46/h1-29H. The second-order valence-corrected chi connectivity index (χ2v) is 12.8. The summed E-state index contributed by atoms with van der Waals surface area (Å²) in [5, 5.41) is 0. The third-order valence-electron chi connectivity index (χ3n) is 9.72. The molecule has 0 spiro atoms. The van der Waals surface area contributed by atoms with E-state index in [2.05, 4.69) is 120 Å². The fraction of sp³-hybridized carbons (Fsp3) is 0. The van der Waals surface area contributed by atoms with Crippen molar-refractivity contribution in [3.8, 4) is 73.3 Å². The molecule has 6 heteroatoms. The molecule has 2 aliphatic heterocycles. The summed E-state index contributed by atoms with van der Waals surface area (Å²) in [5.74, 6) is 2.81. The summed E-state index contributed by atoms with van der Waals surface area (Å²) in [5.41, 5.74) is 13.1. The highest BCUT2D eigenvalue weighted by atomic mass is 16.5. The molecule has 7 aromatic carbocycles. The Morgan fingerprint density at radius 1 is 0.373 bits per heavy atom. The van der Waals surface area contributed by atoms with Crippen molar-refractivity contribution in [1.29, 1.82) is 0 Å². The van der Waals surface area contributed by atoms with Gasteiger partial charge in [0.25, 0.3) is 0 Å². The van der Waals surface area contributed by atoms with Gasteiger partial charge < -0.3 is 9.47 Å². The molecule has 0 bridgehead atoms. The normalized spacial score (nSPS) is 12.4. The largest absolute Gasteiger partial charge is 0.536 e. The Hall–Kier alpha value is -6.79. The average Bonchev–Trinajstić information content (AvgIpc) is 3.61. The number of nitrogens with zero attached hydrogens (tertiary/aromatic N) is 4. The predicted molar refractivity (Wildman–Crippen MR) is 207 cm³/mol. The van der Waals surface area contributed by atoms with Crippen molar-refractivity contribution in [3.63, 3.8) is 0 Å². The van der Waals surface area contributed by atoms with Crippen molar-refractivity contribution >= 4 is 23.9 Å². The number of para-hydroxylation sites is 1. The highest BCUT2D eigenvalue weighted by molar-refractivity contribution is 6.77. The van der Waals surface area contributed by atoms with Crippen LogP contribution < -0.4 is 14.9 Å². The minimum atomic E-state index is -0.198. The zero-order chi connectivity index (χ0) is 33.7. The lowest BCUT2D eigenvalue weighted by atomic mass is 9.65. The van der Waals surface area contributed by atoms with E-state index in [1.165, 1.54) is 22.3 Å². The van der Waals surface area contributed by atoms with Crippen LogP contribution in [-0.4, -0.2) is 22.0 Å². The van der Waals surface area contributed by atoms with Crippen LogP contribution in [-0.2, 0) is 0 Å². The summed E-state index contributed by atoms with van der Waals surface area (Å²) in [6.07, 6.45) is 0. The van der Waals surface area contributed by atoms with Crippen molar-refractivity contribution < 1.29 is 4.65 Å². The topological polar surface area (TPSA) is 51.1 Å². The second-order valence-electron chi connectivity index (χ2n) is 12.8. The number of benzene rings is 7. The van der Waals surface area contributed by atoms with Crippen LogP contribution in [0.25, 0.3) is 67.5 Å². The monoisotopic (exact) mass is 652 g/mol. The van der Waals surface area contributed by atoms with Gasteiger partial charge in [0.15, 0.2) is 17.5 Å². The number of fused-ring (bicyclic) bond motifs is 8. The molecule has 0 N–H and O–H groups in total. The van der Waals surface area contributed by atoms with Gasteiger partial charge in [0.2, 0.25) is 0 Å². The van der Waals surface area contributed by atoms with Crippen LogP contribution in [0.5, 0.6) is 5.75 Å². The molecule has 51 heavy (non-hydrogen) atoms. The van der Waals surface area contributed by atoms with Crippen molar-refractivity contribution in [2.45, 2.75) is 0 Å². The van der Waals surface area contributed by atoms with E-state index in [0.29, 0.717) is 17.5 Å². The zero-order valence-electron chi connectivity index (χ0n) is 27.5. The first-order valence-corrected chi connectivity index (χ1v) is 17.1. The molecule has 1 aromatic heterocycles. The van der Waals surface area contributed by atoms with Gasteiger partial charge in [-0.05, 0) is 63.6 Å². The second kappa shape index (κ2) is 12.0. The van der Waals surface area contributed by atoms with Gasteiger partial charge in [-0.2, -0.15) is 0 Å². The molecule has 0 aliphatic carbocycles. The molecule has 3 heterocycles. The maximum atomic E-state index is 6.73. The Labute approximate surface area is 296 Å². The molecule has 0 saturated heterocycles. The van der Waals surface area contributed by atoms with Crippen molar-refractivity contribution in [2.24, 2.45) is 0 Å². The Balaban J connectivity index is 1.01. The molecule has 0 atom stereocenters. The smallest absolute Gasteiger partial charge is 0.524 e. The molecule has 0 radical (unpaired) electrons. The quantitative estimate of drug-likeness (QED) is 0.173. The minimum absolute atomic E-state index is 0.198. The first kappa shape index (κ1) is 29.2. The summed E-state index contributed by atoms with van der Waals surface area (Å²) in [6.45, 7) is 0. The number of aromatic nitrogens is 3. The summed E-state index contributed by atoms with van der Waals surface area (Å²) in [4.78, 5) is 17.1. The van der Waals surface area contributed by atoms with Gasteiger partial charge >= 0.3 is 7.05 Å². The van der Waals surface area contributed by atoms with Gasteiger partial charge in [-0.3, -0.25) is 0 Å². The fourth-order valence-electron chi connectivity index (χ4n) is 7.27. The third kappa shape index (κ3) is 5.08. The van der Waals surface area contributed by atoms with E-state index in [1.807, 2.05) is 60.7 Å². The van der Waals surface area contributed by atoms with E-state index < -0.39 is 0 Å². The maximum Gasteiger partial charge on any atom is 0.524 e. The molecule has 0 unspecified atom stereocenters.